The van der Waals surface area contributed by atoms with Crippen molar-refractivity contribution in [2.45, 2.75) is 51.4 Å². The molecule has 0 rings (SSSR count). The third kappa shape index (κ3) is 8.73. The van der Waals surface area contributed by atoms with Crippen LogP contribution in [0.2, 0.25) is 0 Å². The zero-order valence-electron chi connectivity index (χ0n) is 15.4. The van der Waals surface area contributed by atoms with Gasteiger partial charge in [0.05, 0.1) is 12.5 Å². The minimum atomic E-state index is -1.39. The maximum absolute atomic E-state index is 12.3. The van der Waals surface area contributed by atoms with E-state index in [1.807, 2.05) is 0 Å². The molecular weight excluding hydrogens is 378 g/mol. The highest BCUT2D eigenvalue weighted by atomic mass is 32.1. The van der Waals surface area contributed by atoms with E-state index in [9.17, 15) is 24.0 Å². The standard InChI is InChI=1S/C15H27N5O6S/c1-6(2)11(15(25)26)20-14(24)9(4-10(17)21)19-12(22)7(3)18-13(23)8(16)5-27/h6-9,11,27H,4-5,16H2,1-3H3,(H2,17,21)(H,18,23)(H,19,22)(H,20,24)(H,25,26). The Morgan fingerprint density at radius 3 is 1.93 bits per heavy atom. The average molecular weight is 405 g/mol. The third-order valence-electron chi connectivity index (χ3n) is 3.55. The molecule has 0 aliphatic rings. The molecule has 0 aromatic carbocycles. The number of amides is 4. The number of rotatable bonds is 11. The first-order valence-corrected chi connectivity index (χ1v) is 8.82. The lowest BCUT2D eigenvalue weighted by atomic mass is 10.0. The third-order valence-corrected chi connectivity index (χ3v) is 3.95. The van der Waals surface area contributed by atoms with Crippen LogP contribution in [0, 0.1) is 5.92 Å². The molecule has 4 unspecified atom stereocenters. The molecule has 0 spiro atoms. The van der Waals surface area contributed by atoms with E-state index in [4.69, 9.17) is 16.6 Å². The summed E-state index contributed by atoms with van der Waals surface area (Å²) < 4.78 is 0. The van der Waals surface area contributed by atoms with Gasteiger partial charge in [0.1, 0.15) is 18.1 Å². The molecule has 154 valence electrons. The van der Waals surface area contributed by atoms with Gasteiger partial charge in [0.15, 0.2) is 0 Å². The van der Waals surface area contributed by atoms with Crippen molar-refractivity contribution in [3.8, 4) is 0 Å². The lowest BCUT2D eigenvalue weighted by Crippen LogP contribution is -2.57. The van der Waals surface area contributed by atoms with E-state index < -0.39 is 66.1 Å². The average Bonchev–Trinajstić information content (AvgIpc) is 2.56. The number of thiol groups is 1. The van der Waals surface area contributed by atoms with Crippen LogP contribution in [0.5, 0.6) is 0 Å². The molecule has 0 aromatic heterocycles. The molecule has 0 aromatic rings. The summed E-state index contributed by atoms with van der Waals surface area (Å²) in [5, 5.41) is 16.0. The summed E-state index contributed by atoms with van der Waals surface area (Å²) in [4.78, 5) is 58.6. The van der Waals surface area contributed by atoms with E-state index >= 15 is 0 Å². The zero-order valence-corrected chi connectivity index (χ0v) is 16.3. The number of carboxylic acids is 1. The van der Waals surface area contributed by atoms with Gasteiger partial charge in [0.2, 0.25) is 23.6 Å². The van der Waals surface area contributed by atoms with Crippen LogP contribution in [0.3, 0.4) is 0 Å². The van der Waals surface area contributed by atoms with E-state index in [-0.39, 0.29) is 5.75 Å². The number of hydrogen-bond donors (Lipinski definition) is 7. The summed E-state index contributed by atoms with van der Waals surface area (Å²) in [6, 6.07) is -4.59. The second-order valence-electron chi connectivity index (χ2n) is 6.32. The minimum absolute atomic E-state index is 0.0681. The SMILES string of the molecule is CC(NC(=O)C(N)CS)C(=O)NC(CC(N)=O)C(=O)NC(C(=O)O)C(C)C. The van der Waals surface area contributed by atoms with E-state index in [0.717, 1.165) is 0 Å². The normalized spacial score (nSPS) is 15.2. The summed E-state index contributed by atoms with van der Waals surface area (Å²) in [5.74, 6) is -4.77. The minimum Gasteiger partial charge on any atom is -0.480 e. The Morgan fingerprint density at radius 2 is 1.52 bits per heavy atom. The first-order valence-electron chi connectivity index (χ1n) is 8.19. The van der Waals surface area contributed by atoms with Crippen molar-refractivity contribution in [1.82, 2.24) is 16.0 Å². The number of hydrogen-bond acceptors (Lipinski definition) is 7. The molecule has 0 aliphatic carbocycles. The predicted molar refractivity (Wildman–Crippen MR) is 99.6 cm³/mol. The Hall–Kier alpha value is -2.34. The number of nitrogens with one attached hydrogen (secondary N) is 3. The van der Waals surface area contributed by atoms with E-state index in [1.54, 1.807) is 13.8 Å². The fourth-order valence-electron chi connectivity index (χ4n) is 1.94. The van der Waals surface area contributed by atoms with Gasteiger partial charge in [-0.25, -0.2) is 4.79 Å². The Labute approximate surface area is 162 Å². The van der Waals surface area contributed by atoms with Gasteiger partial charge in [-0.05, 0) is 12.8 Å². The van der Waals surface area contributed by atoms with E-state index in [2.05, 4.69) is 28.6 Å². The molecule has 0 fully saturated rings. The zero-order chi connectivity index (χ0) is 21.3. The highest BCUT2D eigenvalue weighted by Gasteiger charge is 2.30. The van der Waals surface area contributed by atoms with Gasteiger partial charge >= 0.3 is 5.97 Å². The van der Waals surface area contributed by atoms with Gasteiger partial charge in [-0.15, -0.1) is 0 Å². The van der Waals surface area contributed by atoms with Gasteiger partial charge in [-0.1, -0.05) is 13.8 Å². The van der Waals surface area contributed by atoms with Crippen molar-refractivity contribution < 1.29 is 29.1 Å². The van der Waals surface area contributed by atoms with Crippen molar-refractivity contribution >= 4 is 42.2 Å². The smallest absolute Gasteiger partial charge is 0.326 e. The molecular formula is C15H27N5O6S. The summed E-state index contributed by atoms with van der Waals surface area (Å²) in [6.07, 6.45) is -0.543. The fraction of sp³-hybridized carbons (Fsp3) is 0.667. The lowest BCUT2D eigenvalue weighted by molar-refractivity contribution is -0.143. The van der Waals surface area contributed by atoms with Crippen molar-refractivity contribution in [2.24, 2.45) is 17.4 Å². The summed E-state index contributed by atoms with van der Waals surface area (Å²) >= 11 is 3.88. The Bertz CT molecular complexity index is 585. The number of primary amides is 1. The fourth-order valence-corrected chi connectivity index (χ4v) is 2.11. The molecule has 27 heavy (non-hydrogen) atoms. The topological polar surface area (TPSA) is 194 Å². The first-order chi connectivity index (χ1) is 12.4. The van der Waals surface area contributed by atoms with Crippen molar-refractivity contribution in [2.75, 3.05) is 5.75 Å². The highest BCUT2D eigenvalue weighted by molar-refractivity contribution is 7.80. The maximum Gasteiger partial charge on any atom is 0.326 e. The summed E-state index contributed by atoms with van der Waals surface area (Å²) in [5.41, 5.74) is 10.6. The lowest BCUT2D eigenvalue weighted by Gasteiger charge is -2.24. The maximum atomic E-state index is 12.3. The quantitative estimate of drug-likeness (QED) is 0.182. The van der Waals surface area contributed by atoms with E-state index in [1.165, 1.54) is 6.92 Å². The van der Waals surface area contributed by atoms with Gasteiger partial charge in [-0.3, -0.25) is 19.2 Å². The van der Waals surface area contributed by atoms with Crippen LogP contribution in [-0.4, -0.2) is 64.6 Å². The Morgan fingerprint density at radius 1 is 0.963 bits per heavy atom. The van der Waals surface area contributed by atoms with Gasteiger partial charge in [0.25, 0.3) is 0 Å². The van der Waals surface area contributed by atoms with Crippen LogP contribution >= 0.6 is 12.6 Å². The summed E-state index contributed by atoms with van der Waals surface area (Å²) in [7, 11) is 0. The molecule has 4 atom stereocenters. The van der Waals surface area contributed by atoms with Crippen LogP contribution in [0.15, 0.2) is 0 Å². The van der Waals surface area contributed by atoms with Crippen LogP contribution in [0.4, 0.5) is 0 Å². The van der Waals surface area contributed by atoms with E-state index in [0.29, 0.717) is 0 Å². The number of aliphatic carboxylic acids is 1. The van der Waals surface area contributed by atoms with Crippen LogP contribution in [-0.2, 0) is 24.0 Å². The molecule has 0 saturated carbocycles. The molecule has 12 heteroatoms. The molecule has 4 amide bonds. The number of carboxylic acid groups (broad SMARTS) is 1. The number of nitrogens with two attached hydrogens (primary N) is 2. The number of carbonyl (C=O) groups excluding carboxylic acids is 4. The van der Waals surface area contributed by atoms with Crippen LogP contribution in [0.25, 0.3) is 0 Å². The van der Waals surface area contributed by atoms with Crippen molar-refractivity contribution in [3.05, 3.63) is 0 Å². The Kier molecular flexibility index (Phi) is 10.4. The molecule has 8 N–H and O–H groups in total. The van der Waals surface area contributed by atoms with Gasteiger partial charge < -0.3 is 32.5 Å². The molecule has 11 nitrogen and oxygen atoms in total. The molecule has 0 saturated heterocycles. The second kappa shape index (κ2) is 11.4. The van der Waals surface area contributed by atoms with Crippen LogP contribution in [0.1, 0.15) is 27.2 Å². The second-order valence-corrected chi connectivity index (χ2v) is 6.68. The van der Waals surface area contributed by atoms with Gasteiger partial charge in [-0.2, -0.15) is 12.6 Å². The predicted octanol–water partition coefficient (Wildman–Crippen LogP) is -2.67. The molecule has 0 bridgehead atoms. The molecule has 0 radical (unpaired) electrons. The highest BCUT2D eigenvalue weighted by Crippen LogP contribution is 2.04. The number of carbonyl (C=O) groups is 5. The monoisotopic (exact) mass is 405 g/mol. The largest absolute Gasteiger partial charge is 0.480 e. The van der Waals surface area contributed by atoms with Crippen molar-refractivity contribution in [1.29, 1.82) is 0 Å². The summed E-state index contributed by atoms with van der Waals surface area (Å²) in [6.45, 7) is 4.53. The van der Waals surface area contributed by atoms with Gasteiger partial charge in [0, 0.05) is 5.75 Å². The molecule has 0 heterocycles. The first kappa shape index (κ1) is 24.7. The molecule has 0 aliphatic heterocycles. The Balaban J connectivity index is 5.11. The van der Waals surface area contributed by atoms with Crippen molar-refractivity contribution in [3.63, 3.8) is 0 Å². The van der Waals surface area contributed by atoms with Crippen LogP contribution < -0.4 is 27.4 Å².